The van der Waals surface area contributed by atoms with E-state index in [1.807, 2.05) is 6.92 Å². The fourth-order valence-corrected chi connectivity index (χ4v) is 2.28. The van der Waals surface area contributed by atoms with Crippen molar-refractivity contribution in [3.05, 3.63) is 42.5 Å². The van der Waals surface area contributed by atoms with Crippen LogP contribution in [0, 0.1) is 0 Å². The van der Waals surface area contributed by atoms with Crippen molar-refractivity contribution >= 4 is 11.6 Å². The Morgan fingerprint density at radius 2 is 1.56 bits per heavy atom. The summed E-state index contributed by atoms with van der Waals surface area (Å²) in [5.41, 5.74) is 0.611. The van der Waals surface area contributed by atoms with Crippen molar-refractivity contribution < 1.29 is 23.7 Å². The minimum Gasteiger partial charge on any atom is -0.497 e. The fraction of sp³-hybridized carbons (Fsp3) is 0.316. The highest BCUT2D eigenvalue weighted by atomic mass is 16.5. The van der Waals surface area contributed by atoms with Gasteiger partial charge in [0.05, 0.1) is 21.3 Å². The fourth-order valence-electron chi connectivity index (χ4n) is 2.28. The van der Waals surface area contributed by atoms with Gasteiger partial charge in [0, 0.05) is 11.8 Å². The number of anilines is 1. The molecule has 0 spiro atoms. The van der Waals surface area contributed by atoms with Crippen LogP contribution in [0.1, 0.15) is 13.3 Å². The molecule has 1 atom stereocenters. The van der Waals surface area contributed by atoms with Gasteiger partial charge in [-0.05, 0) is 42.8 Å². The van der Waals surface area contributed by atoms with Crippen molar-refractivity contribution in [3.63, 3.8) is 0 Å². The van der Waals surface area contributed by atoms with Gasteiger partial charge in [-0.15, -0.1) is 0 Å². The molecule has 0 aliphatic rings. The second kappa shape index (κ2) is 8.82. The summed E-state index contributed by atoms with van der Waals surface area (Å²) in [4.78, 5) is 12.5. The molecule has 1 unspecified atom stereocenters. The van der Waals surface area contributed by atoms with Gasteiger partial charge in [-0.25, -0.2) is 0 Å². The molecule has 0 bridgehead atoms. The van der Waals surface area contributed by atoms with Gasteiger partial charge in [0.2, 0.25) is 0 Å². The highest BCUT2D eigenvalue weighted by Crippen LogP contribution is 2.30. The molecular weight excluding hydrogens is 322 g/mol. The molecule has 0 aliphatic heterocycles. The SMILES string of the molecule is CCC(Oc1ccc(OC)cc1)C(=O)Nc1ccc(OC)c(OC)c1. The topological polar surface area (TPSA) is 66.0 Å². The third kappa shape index (κ3) is 4.79. The zero-order valence-corrected chi connectivity index (χ0v) is 14.9. The van der Waals surface area contributed by atoms with E-state index < -0.39 is 6.10 Å². The predicted octanol–water partition coefficient (Wildman–Crippen LogP) is 3.51. The van der Waals surface area contributed by atoms with E-state index in [-0.39, 0.29) is 5.91 Å². The zero-order chi connectivity index (χ0) is 18.2. The van der Waals surface area contributed by atoms with E-state index in [9.17, 15) is 4.79 Å². The second-order valence-corrected chi connectivity index (χ2v) is 5.25. The first-order valence-corrected chi connectivity index (χ1v) is 7.94. The molecule has 0 radical (unpaired) electrons. The zero-order valence-electron chi connectivity index (χ0n) is 14.9. The van der Waals surface area contributed by atoms with Crippen molar-refractivity contribution in [1.82, 2.24) is 0 Å². The van der Waals surface area contributed by atoms with E-state index in [1.165, 1.54) is 0 Å². The van der Waals surface area contributed by atoms with E-state index in [4.69, 9.17) is 18.9 Å². The van der Waals surface area contributed by atoms with Gasteiger partial charge in [0.1, 0.15) is 11.5 Å². The first-order valence-electron chi connectivity index (χ1n) is 7.94. The highest BCUT2D eigenvalue weighted by Gasteiger charge is 2.19. The average Bonchev–Trinajstić information content (AvgIpc) is 2.66. The van der Waals surface area contributed by atoms with Gasteiger partial charge in [-0.2, -0.15) is 0 Å². The maximum absolute atomic E-state index is 12.5. The van der Waals surface area contributed by atoms with E-state index in [1.54, 1.807) is 63.8 Å². The summed E-state index contributed by atoms with van der Waals surface area (Å²) in [6.07, 6.45) is -0.0768. The monoisotopic (exact) mass is 345 g/mol. The predicted molar refractivity (Wildman–Crippen MR) is 95.9 cm³/mol. The Bertz CT molecular complexity index is 699. The Hall–Kier alpha value is -2.89. The maximum Gasteiger partial charge on any atom is 0.265 e. The number of ether oxygens (including phenoxy) is 4. The average molecular weight is 345 g/mol. The minimum absolute atomic E-state index is 0.231. The molecule has 1 N–H and O–H groups in total. The lowest BCUT2D eigenvalue weighted by Gasteiger charge is -2.18. The van der Waals surface area contributed by atoms with Crippen molar-refractivity contribution in [3.8, 4) is 23.0 Å². The summed E-state index contributed by atoms with van der Waals surface area (Å²) in [5, 5.41) is 2.84. The van der Waals surface area contributed by atoms with E-state index in [0.717, 1.165) is 5.75 Å². The van der Waals surface area contributed by atoms with Crippen LogP contribution in [0.15, 0.2) is 42.5 Å². The largest absolute Gasteiger partial charge is 0.497 e. The number of carbonyl (C=O) groups excluding carboxylic acids is 1. The molecule has 2 aromatic rings. The van der Waals surface area contributed by atoms with Gasteiger partial charge < -0.3 is 24.3 Å². The normalized spacial score (nSPS) is 11.4. The number of benzene rings is 2. The van der Waals surface area contributed by atoms with Crippen LogP contribution in [0.5, 0.6) is 23.0 Å². The lowest BCUT2D eigenvalue weighted by Crippen LogP contribution is -2.32. The number of methoxy groups -OCH3 is 3. The summed E-state index contributed by atoms with van der Waals surface area (Å²) in [7, 11) is 4.71. The Labute approximate surface area is 147 Å². The maximum atomic E-state index is 12.5. The number of hydrogen-bond donors (Lipinski definition) is 1. The molecule has 0 fully saturated rings. The Kier molecular flexibility index (Phi) is 6.51. The van der Waals surface area contributed by atoms with Gasteiger partial charge in [0.15, 0.2) is 17.6 Å². The molecule has 0 saturated carbocycles. The van der Waals surface area contributed by atoms with Crippen LogP contribution in [0.2, 0.25) is 0 Å². The summed E-state index contributed by atoms with van der Waals surface area (Å²) in [6.45, 7) is 1.89. The van der Waals surface area contributed by atoms with Crippen LogP contribution in [0.3, 0.4) is 0 Å². The van der Waals surface area contributed by atoms with Gasteiger partial charge in [-0.3, -0.25) is 4.79 Å². The number of rotatable bonds is 8. The molecule has 0 aliphatic carbocycles. The van der Waals surface area contributed by atoms with Crippen molar-refractivity contribution in [2.24, 2.45) is 0 Å². The van der Waals surface area contributed by atoms with Crippen molar-refractivity contribution in [2.45, 2.75) is 19.4 Å². The van der Waals surface area contributed by atoms with Crippen LogP contribution in [-0.4, -0.2) is 33.3 Å². The van der Waals surface area contributed by atoms with Crippen LogP contribution < -0.4 is 24.3 Å². The van der Waals surface area contributed by atoms with E-state index in [2.05, 4.69) is 5.32 Å². The Balaban J connectivity index is 2.06. The van der Waals surface area contributed by atoms with Crippen LogP contribution >= 0.6 is 0 Å². The minimum atomic E-state index is -0.610. The molecule has 134 valence electrons. The lowest BCUT2D eigenvalue weighted by atomic mass is 10.2. The van der Waals surface area contributed by atoms with E-state index >= 15 is 0 Å². The first-order chi connectivity index (χ1) is 12.1. The molecule has 2 aromatic carbocycles. The first kappa shape index (κ1) is 18.4. The number of carbonyl (C=O) groups is 1. The number of hydrogen-bond acceptors (Lipinski definition) is 5. The molecule has 25 heavy (non-hydrogen) atoms. The van der Waals surface area contributed by atoms with Crippen LogP contribution in [0.25, 0.3) is 0 Å². The Morgan fingerprint density at radius 3 is 2.12 bits per heavy atom. The smallest absolute Gasteiger partial charge is 0.265 e. The molecule has 0 saturated heterocycles. The third-order valence-corrected chi connectivity index (χ3v) is 3.65. The van der Waals surface area contributed by atoms with Crippen LogP contribution in [-0.2, 0) is 4.79 Å². The summed E-state index contributed by atoms with van der Waals surface area (Å²) < 4.78 is 21.3. The summed E-state index contributed by atoms with van der Waals surface area (Å²) in [5.74, 6) is 2.25. The van der Waals surface area contributed by atoms with Crippen LogP contribution in [0.4, 0.5) is 5.69 Å². The van der Waals surface area contributed by atoms with Crippen molar-refractivity contribution in [1.29, 1.82) is 0 Å². The molecule has 1 amide bonds. The molecule has 6 nitrogen and oxygen atoms in total. The van der Waals surface area contributed by atoms with Gasteiger partial charge in [0.25, 0.3) is 5.91 Å². The van der Waals surface area contributed by atoms with Gasteiger partial charge in [-0.1, -0.05) is 6.92 Å². The summed E-state index contributed by atoms with van der Waals surface area (Å²) in [6, 6.07) is 12.3. The van der Waals surface area contributed by atoms with Crippen molar-refractivity contribution in [2.75, 3.05) is 26.6 Å². The van der Waals surface area contributed by atoms with E-state index in [0.29, 0.717) is 29.4 Å². The molecule has 6 heteroatoms. The standard InChI is InChI=1S/C19H23NO5/c1-5-16(25-15-9-7-14(22-2)8-10-15)19(21)20-13-6-11-17(23-3)18(12-13)24-4/h6-12,16H,5H2,1-4H3,(H,20,21). The lowest BCUT2D eigenvalue weighted by molar-refractivity contribution is -0.122. The number of amides is 1. The highest BCUT2D eigenvalue weighted by molar-refractivity contribution is 5.94. The third-order valence-electron chi connectivity index (χ3n) is 3.65. The summed E-state index contributed by atoms with van der Waals surface area (Å²) >= 11 is 0. The Morgan fingerprint density at radius 1 is 0.920 bits per heavy atom. The molecule has 0 aromatic heterocycles. The molecular formula is C19H23NO5. The number of nitrogens with one attached hydrogen (secondary N) is 1. The molecule has 0 heterocycles. The van der Waals surface area contributed by atoms with Gasteiger partial charge >= 0.3 is 0 Å². The quantitative estimate of drug-likeness (QED) is 0.793. The molecule has 2 rings (SSSR count). The second-order valence-electron chi connectivity index (χ2n) is 5.25.